The third-order valence-electron chi connectivity index (χ3n) is 3.38. The minimum Gasteiger partial charge on any atom is -0.388 e. The predicted molar refractivity (Wildman–Crippen MR) is 62.6 cm³/mol. The topological polar surface area (TPSA) is 79.2 Å². The predicted octanol–water partition coefficient (Wildman–Crippen LogP) is -0.223. The highest BCUT2D eigenvalue weighted by atomic mass is 16.5. The molecule has 17 heavy (non-hydrogen) atoms. The number of aliphatic hydroxyl groups excluding tert-OH is 3. The average molecular weight is 248 g/mol. The van der Waals surface area contributed by atoms with Crippen molar-refractivity contribution in [2.45, 2.75) is 45.2 Å². The molecule has 0 aliphatic carbocycles. The summed E-state index contributed by atoms with van der Waals surface area (Å²) in [5.41, 5.74) is 0. The quantitative estimate of drug-likeness (QED) is 0.605. The fourth-order valence-corrected chi connectivity index (χ4v) is 1.63. The summed E-state index contributed by atoms with van der Waals surface area (Å²) in [6.07, 6.45) is -3.60. The molecule has 0 radical (unpaired) electrons. The van der Waals surface area contributed by atoms with E-state index in [4.69, 9.17) is 9.47 Å². The molecule has 1 saturated heterocycles. The van der Waals surface area contributed by atoms with Gasteiger partial charge in [0.2, 0.25) is 0 Å². The van der Waals surface area contributed by atoms with E-state index in [9.17, 15) is 15.3 Å². The number of hydrogen-bond acceptors (Lipinski definition) is 5. The SMILES string of the molecule is CC(C)C(C)COCC(O)[C@H]1OCC(O)C1O. The molecule has 4 unspecified atom stereocenters. The average Bonchev–Trinajstić information content (AvgIpc) is 2.59. The van der Waals surface area contributed by atoms with Crippen molar-refractivity contribution in [3.8, 4) is 0 Å². The molecule has 5 nitrogen and oxygen atoms in total. The Morgan fingerprint density at radius 2 is 1.88 bits per heavy atom. The molecule has 0 bridgehead atoms. The van der Waals surface area contributed by atoms with Gasteiger partial charge in [0.05, 0.1) is 13.2 Å². The molecule has 1 rings (SSSR count). The fourth-order valence-electron chi connectivity index (χ4n) is 1.63. The van der Waals surface area contributed by atoms with Gasteiger partial charge in [0.25, 0.3) is 0 Å². The maximum absolute atomic E-state index is 9.77. The number of hydrogen-bond donors (Lipinski definition) is 3. The standard InChI is InChI=1S/C12H24O5/c1-7(2)8(3)4-16-5-10(14)12-11(15)9(13)6-17-12/h7-15H,4-6H2,1-3H3/t8?,9?,10?,11?,12-/m1/s1. The van der Waals surface area contributed by atoms with Crippen LogP contribution in [0.5, 0.6) is 0 Å². The van der Waals surface area contributed by atoms with Crippen LogP contribution in [0.15, 0.2) is 0 Å². The summed E-state index contributed by atoms with van der Waals surface area (Å²) >= 11 is 0. The molecule has 0 aromatic heterocycles. The lowest BCUT2D eigenvalue weighted by Gasteiger charge is -2.22. The molecule has 0 spiro atoms. The Bertz CT molecular complexity index is 221. The molecule has 1 fully saturated rings. The Morgan fingerprint density at radius 1 is 1.24 bits per heavy atom. The summed E-state index contributed by atoms with van der Waals surface area (Å²) in [6, 6.07) is 0. The highest BCUT2D eigenvalue weighted by Gasteiger charge is 2.39. The van der Waals surface area contributed by atoms with Gasteiger partial charge >= 0.3 is 0 Å². The van der Waals surface area contributed by atoms with E-state index in [1.807, 2.05) is 0 Å². The molecule has 5 heteroatoms. The lowest BCUT2D eigenvalue weighted by atomic mass is 9.99. The Morgan fingerprint density at radius 3 is 2.35 bits per heavy atom. The van der Waals surface area contributed by atoms with E-state index < -0.39 is 24.4 Å². The second-order valence-electron chi connectivity index (χ2n) is 5.18. The lowest BCUT2D eigenvalue weighted by Crippen LogP contribution is -2.41. The zero-order valence-corrected chi connectivity index (χ0v) is 10.7. The van der Waals surface area contributed by atoms with E-state index in [2.05, 4.69) is 20.8 Å². The van der Waals surface area contributed by atoms with Gasteiger partial charge in [-0.3, -0.25) is 0 Å². The number of rotatable bonds is 6. The van der Waals surface area contributed by atoms with Crippen molar-refractivity contribution < 1.29 is 24.8 Å². The van der Waals surface area contributed by atoms with E-state index in [0.29, 0.717) is 18.4 Å². The van der Waals surface area contributed by atoms with Crippen molar-refractivity contribution in [3.63, 3.8) is 0 Å². The van der Waals surface area contributed by atoms with E-state index in [0.717, 1.165) is 0 Å². The van der Waals surface area contributed by atoms with Crippen LogP contribution < -0.4 is 0 Å². The zero-order chi connectivity index (χ0) is 13.0. The summed E-state index contributed by atoms with van der Waals surface area (Å²) in [4.78, 5) is 0. The summed E-state index contributed by atoms with van der Waals surface area (Å²) in [7, 11) is 0. The van der Waals surface area contributed by atoms with Crippen LogP contribution in [0.1, 0.15) is 20.8 Å². The summed E-state index contributed by atoms with van der Waals surface area (Å²) in [5.74, 6) is 0.949. The molecule has 0 aromatic carbocycles. The molecule has 1 aliphatic heterocycles. The van der Waals surface area contributed by atoms with E-state index in [1.54, 1.807) is 0 Å². The maximum Gasteiger partial charge on any atom is 0.114 e. The van der Waals surface area contributed by atoms with Gasteiger partial charge in [-0.25, -0.2) is 0 Å². The first kappa shape index (κ1) is 14.9. The van der Waals surface area contributed by atoms with Crippen LogP contribution in [0.4, 0.5) is 0 Å². The number of ether oxygens (including phenoxy) is 2. The second kappa shape index (κ2) is 6.66. The summed E-state index contributed by atoms with van der Waals surface area (Å²) < 4.78 is 10.5. The first-order valence-electron chi connectivity index (χ1n) is 6.17. The minimum atomic E-state index is -1.03. The van der Waals surface area contributed by atoms with Crippen molar-refractivity contribution in [1.82, 2.24) is 0 Å². The van der Waals surface area contributed by atoms with Gasteiger partial charge in [-0.05, 0) is 11.8 Å². The van der Waals surface area contributed by atoms with Gasteiger partial charge in [-0.1, -0.05) is 20.8 Å². The van der Waals surface area contributed by atoms with Crippen molar-refractivity contribution in [3.05, 3.63) is 0 Å². The van der Waals surface area contributed by atoms with Crippen molar-refractivity contribution in [1.29, 1.82) is 0 Å². The normalized spacial score (nSPS) is 33.0. The highest BCUT2D eigenvalue weighted by Crippen LogP contribution is 2.18. The maximum atomic E-state index is 9.77. The first-order chi connectivity index (χ1) is 7.93. The minimum absolute atomic E-state index is 0.0608. The van der Waals surface area contributed by atoms with Gasteiger partial charge < -0.3 is 24.8 Å². The van der Waals surface area contributed by atoms with Crippen LogP contribution in [0.2, 0.25) is 0 Å². The van der Waals surface area contributed by atoms with E-state index in [-0.39, 0.29) is 13.2 Å². The molecule has 102 valence electrons. The third-order valence-corrected chi connectivity index (χ3v) is 3.38. The second-order valence-corrected chi connectivity index (χ2v) is 5.18. The Kier molecular flexibility index (Phi) is 5.82. The van der Waals surface area contributed by atoms with Gasteiger partial charge in [0.15, 0.2) is 0 Å². The molecule has 0 saturated carbocycles. The third kappa shape index (κ3) is 4.19. The molecule has 1 heterocycles. The Balaban J connectivity index is 2.23. The van der Waals surface area contributed by atoms with Crippen LogP contribution in [-0.2, 0) is 9.47 Å². The van der Waals surface area contributed by atoms with Gasteiger partial charge in [-0.15, -0.1) is 0 Å². The Hall–Kier alpha value is -0.200. The van der Waals surface area contributed by atoms with E-state index >= 15 is 0 Å². The molecule has 3 N–H and O–H groups in total. The van der Waals surface area contributed by atoms with Crippen LogP contribution in [0.3, 0.4) is 0 Å². The lowest BCUT2D eigenvalue weighted by molar-refractivity contribution is -0.0850. The first-order valence-corrected chi connectivity index (χ1v) is 6.17. The largest absolute Gasteiger partial charge is 0.388 e. The van der Waals surface area contributed by atoms with Crippen molar-refractivity contribution in [2.75, 3.05) is 19.8 Å². The molecular formula is C12H24O5. The van der Waals surface area contributed by atoms with Gasteiger partial charge in [0.1, 0.15) is 24.4 Å². The van der Waals surface area contributed by atoms with Crippen LogP contribution in [0.25, 0.3) is 0 Å². The molecular weight excluding hydrogens is 224 g/mol. The van der Waals surface area contributed by atoms with Gasteiger partial charge in [0, 0.05) is 6.61 Å². The highest BCUT2D eigenvalue weighted by molar-refractivity contribution is 4.87. The summed E-state index contributed by atoms with van der Waals surface area (Å²) in [5, 5.41) is 28.6. The summed E-state index contributed by atoms with van der Waals surface area (Å²) in [6.45, 7) is 7.06. The number of aliphatic hydroxyl groups is 3. The fraction of sp³-hybridized carbons (Fsp3) is 1.00. The van der Waals surface area contributed by atoms with E-state index in [1.165, 1.54) is 0 Å². The molecule has 1 aliphatic rings. The smallest absolute Gasteiger partial charge is 0.114 e. The van der Waals surface area contributed by atoms with Crippen LogP contribution in [0, 0.1) is 11.8 Å². The molecule has 0 aromatic rings. The Labute approximate surface area is 102 Å². The monoisotopic (exact) mass is 248 g/mol. The molecule has 5 atom stereocenters. The van der Waals surface area contributed by atoms with Gasteiger partial charge in [-0.2, -0.15) is 0 Å². The van der Waals surface area contributed by atoms with Crippen LogP contribution >= 0.6 is 0 Å². The van der Waals surface area contributed by atoms with Crippen molar-refractivity contribution >= 4 is 0 Å². The van der Waals surface area contributed by atoms with Crippen molar-refractivity contribution in [2.24, 2.45) is 11.8 Å². The zero-order valence-electron chi connectivity index (χ0n) is 10.7. The van der Waals surface area contributed by atoms with Crippen LogP contribution in [-0.4, -0.2) is 59.6 Å². The molecule has 0 amide bonds.